The molecule has 1 rings (SSSR count). The summed E-state index contributed by atoms with van der Waals surface area (Å²) in [5.41, 5.74) is -0.311. The van der Waals surface area contributed by atoms with Crippen molar-refractivity contribution in [3.05, 3.63) is 0 Å². The Hall–Kier alpha value is -1.10. The average Bonchev–Trinajstić information content (AvgIpc) is 2.33. The summed E-state index contributed by atoms with van der Waals surface area (Å²) in [4.78, 5) is 24.4. The van der Waals surface area contributed by atoms with Crippen LogP contribution in [0.2, 0.25) is 0 Å². The lowest BCUT2D eigenvalue weighted by Crippen LogP contribution is -2.42. The molecule has 0 aromatic carbocycles. The third-order valence-corrected chi connectivity index (χ3v) is 3.27. The molecule has 0 radical (unpaired) electrons. The molecule has 0 spiro atoms. The number of carboxylic acids is 1. The fraction of sp³-hybridized carbons (Fsp3) is 0.857. The van der Waals surface area contributed by atoms with Crippen LogP contribution in [-0.2, 0) is 14.3 Å². The maximum Gasteiger partial charge on any atom is 0.303 e. The minimum atomic E-state index is -0.764. The SMILES string of the molecule is CC(C)(C)OCC(=O)N1CCCC(CCC(=O)O)C1. The van der Waals surface area contributed by atoms with Gasteiger partial charge in [0.1, 0.15) is 6.61 Å². The van der Waals surface area contributed by atoms with Crippen molar-refractivity contribution in [2.24, 2.45) is 5.92 Å². The van der Waals surface area contributed by atoms with E-state index in [1.807, 2.05) is 25.7 Å². The van der Waals surface area contributed by atoms with Gasteiger partial charge < -0.3 is 14.7 Å². The number of ether oxygens (including phenoxy) is 1. The van der Waals surface area contributed by atoms with Crippen LogP contribution in [0.4, 0.5) is 0 Å². The normalized spacial score (nSPS) is 20.4. The van der Waals surface area contributed by atoms with Crippen LogP contribution in [0.15, 0.2) is 0 Å². The summed E-state index contributed by atoms with van der Waals surface area (Å²) in [5, 5.41) is 8.69. The fourth-order valence-corrected chi connectivity index (χ4v) is 2.22. The van der Waals surface area contributed by atoms with Crippen molar-refractivity contribution in [2.45, 2.75) is 52.1 Å². The van der Waals surface area contributed by atoms with Crippen LogP contribution >= 0.6 is 0 Å². The van der Waals surface area contributed by atoms with Gasteiger partial charge in [-0.3, -0.25) is 9.59 Å². The summed E-state index contributed by atoms with van der Waals surface area (Å²) in [7, 11) is 0. The van der Waals surface area contributed by atoms with Gasteiger partial charge in [0.05, 0.1) is 5.60 Å². The average molecular weight is 271 g/mol. The fourth-order valence-electron chi connectivity index (χ4n) is 2.22. The van der Waals surface area contributed by atoms with Gasteiger partial charge in [0.2, 0.25) is 5.91 Å². The number of likely N-dealkylation sites (tertiary alicyclic amines) is 1. The smallest absolute Gasteiger partial charge is 0.303 e. The highest BCUT2D eigenvalue weighted by Crippen LogP contribution is 2.21. The lowest BCUT2D eigenvalue weighted by atomic mass is 9.93. The predicted octanol–water partition coefficient (Wildman–Crippen LogP) is 1.90. The monoisotopic (exact) mass is 271 g/mol. The van der Waals surface area contributed by atoms with Crippen LogP contribution in [0.3, 0.4) is 0 Å². The first-order chi connectivity index (χ1) is 8.78. The molecule has 0 aromatic rings. The molecule has 1 aliphatic rings. The summed E-state index contributed by atoms with van der Waals surface area (Å²) in [6, 6.07) is 0. The van der Waals surface area contributed by atoms with E-state index in [1.165, 1.54) is 0 Å². The van der Waals surface area contributed by atoms with E-state index in [-0.39, 0.29) is 24.5 Å². The number of piperidine rings is 1. The molecule has 1 saturated heterocycles. The van der Waals surface area contributed by atoms with E-state index in [9.17, 15) is 9.59 Å². The van der Waals surface area contributed by atoms with Crippen molar-refractivity contribution in [2.75, 3.05) is 19.7 Å². The van der Waals surface area contributed by atoms with E-state index in [2.05, 4.69) is 0 Å². The van der Waals surface area contributed by atoms with Crippen LogP contribution in [-0.4, -0.2) is 47.2 Å². The summed E-state index contributed by atoms with van der Waals surface area (Å²) < 4.78 is 5.49. The molecule has 0 aliphatic carbocycles. The molecule has 5 heteroatoms. The predicted molar refractivity (Wildman–Crippen MR) is 71.9 cm³/mol. The number of carbonyl (C=O) groups excluding carboxylic acids is 1. The number of carbonyl (C=O) groups is 2. The third kappa shape index (κ3) is 6.57. The molecule has 5 nitrogen and oxygen atoms in total. The van der Waals surface area contributed by atoms with Crippen LogP contribution in [0.25, 0.3) is 0 Å². The van der Waals surface area contributed by atoms with Gasteiger partial charge in [-0.05, 0) is 46.0 Å². The molecular formula is C14H25NO4. The zero-order chi connectivity index (χ0) is 14.5. The molecular weight excluding hydrogens is 246 g/mol. The van der Waals surface area contributed by atoms with Crippen molar-refractivity contribution in [1.82, 2.24) is 4.90 Å². The summed E-state index contributed by atoms with van der Waals surface area (Å²) in [6.45, 7) is 7.30. The Balaban J connectivity index is 2.37. The highest BCUT2D eigenvalue weighted by molar-refractivity contribution is 5.77. The van der Waals surface area contributed by atoms with Gasteiger partial charge in [0.25, 0.3) is 0 Å². The molecule has 19 heavy (non-hydrogen) atoms. The Morgan fingerprint density at radius 1 is 1.37 bits per heavy atom. The summed E-state index contributed by atoms with van der Waals surface area (Å²) >= 11 is 0. The molecule has 110 valence electrons. The summed E-state index contributed by atoms with van der Waals surface area (Å²) in [5.74, 6) is -0.446. The van der Waals surface area contributed by atoms with Crippen LogP contribution in [0, 0.1) is 5.92 Å². The zero-order valence-corrected chi connectivity index (χ0v) is 12.1. The van der Waals surface area contributed by atoms with Crippen molar-refractivity contribution in [3.8, 4) is 0 Å². The molecule has 1 unspecified atom stereocenters. The van der Waals surface area contributed by atoms with Gasteiger partial charge in [0.15, 0.2) is 0 Å². The van der Waals surface area contributed by atoms with E-state index < -0.39 is 5.97 Å². The van der Waals surface area contributed by atoms with Gasteiger partial charge in [-0.1, -0.05) is 0 Å². The first-order valence-corrected chi connectivity index (χ1v) is 6.91. The minimum absolute atomic E-state index is 0.00921. The second-order valence-electron chi connectivity index (χ2n) is 6.18. The Kier molecular flexibility index (Phi) is 5.79. The Morgan fingerprint density at radius 3 is 2.63 bits per heavy atom. The maximum atomic E-state index is 12.0. The Bertz CT molecular complexity index is 322. The number of rotatable bonds is 5. The minimum Gasteiger partial charge on any atom is -0.481 e. The van der Waals surface area contributed by atoms with E-state index in [0.717, 1.165) is 19.4 Å². The van der Waals surface area contributed by atoms with Crippen LogP contribution < -0.4 is 0 Å². The van der Waals surface area contributed by atoms with Crippen molar-refractivity contribution < 1.29 is 19.4 Å². The molecule has 0 bridgehead atoms. The molecule has 1 fully saturated rings. The van der Waals surface area contributed by atoms with Crippen LogP contribution in [0.1, 0.15) is 46.5 Å². The Morgan fingerprint density at radius 2 is 2.05 bits per heavy atom. The molecule has 1 heterocycles. The van der Waals surface area contributed by atoms with Gasteiger partial charge in [0, 0.05) is 19.5 Å². The largest absolute Gasteiger partial charge is 0.481 e. The molecule has 0 saturated carbocycles. The molecule has 1 atom stereocenters. The molecule has 1 N–H and O–H groups in total. The maximum absolute atomic E-state index is 12.0. The highest BCUT2D eigenvalue weighted by Gasteiger charge is 2.25. The first-order valence-electron chi connectivity index (χ1n) is 6.91. The lowest BCUT2D eigenvalue weighted by molar-refractivity contribution is -0.143. The van der Waals surface area contributed by atoms with Gasteiger partial charge >= 0.3 is 5.97 Å². The number of amides is 1. The first kappa shape index (κ1) is 16.0. The molecule has 1 aliphatic heterocycles. The number of aliphatic carboxylic acids is 1. The van der Waals surface area contributed by atoms with E-state index in [4.69, 9.17) is 9.84 Å². The van der Waals surface area contributed by atoms with Gasteiger partial charge in [-0.25, -0.2) is 0 Å². The number of hydrogen-bond donors (Lipinski definition) is 1. The second-order valence-corrected chi connectivity index (χ2v) is 6.18. The van der Waals surface area contributed by atoms with Gasteiger partial charge in [-0.2, -0.15) is 0 Å². The Labute approximate surface area is 114 Å². The van der Waals surface area contributed by atoms with Gasteiger partial charge in [-0.15, -0.1) is 0 Å². The molecule has 0 aromatic heterocycles. The number of nitrogens with zero attached hydrogens (tertiary/aromatic N) is 1. The quantitative estimate of drug-likeness (QED) is 0.829. The van der Waals surface area contributed by atoms with E-state index in [0.29, 0.717) is 18.9 Å². The molecule has 1 amide bonds. The van der Waals surface area contributed by atoms with E-state index >= 15 is 0 Å². The standard InChI is InChI=1S/C14H25NO4/c1-14(2,3)19-10-12(16)15-8-4-5-11(9-15)6-7-13(17)18/h11H,4-10H2,1-3H3,(H,17,18). The van der Waals surface area contributed by atoms with E-state index in [1.54, 1.807) is 0 Å². The topological polar surface area (TPSA) is 66.8 Å². The second kappa shape index (κ2) is 6.89. The number of hydrogen-bond acceptors (Lipinski definition) is 3. The lowest BCUT2D eigenvalue weighted by Gasteiger charge is -2.33. The summed E-state index contributed by atoms with van der Waals surface area (Å²) in [6.07, 6.45) is 2.80. The van der Waals surface area contributed by atoms with Crippen molar-refractivity contribution in [1.29, 1.82) is 0 Å². The highest BCUT2D eigenvalue weighted by atomic mass is 16.5. The third-order valence-electron chi connectivity index (χ3n) is 3.27. The number of carboxylic acid groups (broad SMARTS) is 1. The van der Waals surface area contributed by atoms with Crippen LogP contribution in [0.5, 0.6) is 0 Å². The van der Waals surface area contributed by atoms with Crippen molar-refractivity contribution >= 4 is 11.9 Å². The zero-order valence-electron chi connectivity index (χ0n) is 12.1. The van der Waals surface area contributed by atoms with Crippen molar-refractivity contribution in [3.63, 3.8) is 0 Å².